The Bertz CT molecular complexity index is 574. The van der Waals surface area contributed by atoms with Crippen LogP contribution in [0.15, 0.2) is 36.5 Å². The van der Waals surface area contributed by atoms with Gasteiger partial charge in [-0.25, -0.2) is 4.79 Å². The average Bonchev–Trinajstić information content (AvgIpc) is 2.36. The summed E-state index contributed by atoms with van der Waals surface area (Å²) in [7, 11) is 0. The number of ether oxygens (including phenoxy) is 1. The van der Waals surface area contributed by atoms with Crippen molar-refractivity contribution in [3.63, 3.8) is 0 Å². The number of pyridine rings is 1. The summed E-state index contributed by atoms with van der Waals surface area (Å²) in [4.78, 5) is 16.0. The van der Waals surface area contributed by atoms with Crippen molar-refractivity contribution >= 4 is 5.97 Å². The van der Waals surface area contributed by atoms with Crippen LogP contribution in [0.5, 0.6) is 5.75 Å². The highest BCUT2D eigenvalue weighted by atomic mass is 16.5. The van der Waals surface area contributed by atoms with E-state index in [9.17, 15) is 4.79 Å². The predicted octanol–water partition coefficient (Wildman–Crippen LogP) is 3.23. The lowest BCUT2D eigenvalue weighted by Gasteiger charge is -2.09. The van der Waals surface area contributed by atoms with Crippen LogP contribution in [0.3, 0.4) is 0 Å². The molecular weight excluding hydrogens is 226 g/mol. The van der Waals surface area contributed by atoms with Gasteiger partial charge in [-0.3, -0.25) is 4.98 Å². The number of aromatic nitrogens is 1. The van der Waals surface area contributed by atoms with Gasteiger partial charge in [0.05, 0.1) is 5.56 Å². The molecule has 18 heavy (non-hydrogen) atoms. The quantitative estimate of drug-likeness (QED) is 0.598. The third kappa shape index (κ3) is 2.56. The van der Waals surface area contributed by atoms with E-state index >= 15 is 0 Å². The van der Waals surface area contributed by atoms with Crippen LogP contribution in [0, 0.1) is 20.8 Å². The normalized spacial score (nSPS) is 10.2. The van der Waals surface area contributed by atoms with Crippen molar-refractivity contribution in [2.75, 3.05) is 0 Å². The zero-order valence-corrected chi connectivity index (χ0v) is 10.7. The first-order valence-corrected chi connectivity index (χ1v) is 5.79. The van der Waals surface area contributed by atoms with Gasteiger partial charge < -0.3 is 4.74 Å². The van der Waals surface area contributed by atoms with E-state index in [0.29, 0.717) is 11.3 Å². The zero-order chi connectivity index (χ0) is 13.1. The second-order valence-corrected chi connectivity index (χ2v) is 4.28. The summed E-state index contributed by atoms with van der Waals surface area (Å²) in [5.74, 6) is 0.219. The van der Waals surface area contributed by atoms with E-state index in [1.54, 1.807) is 18.2 Å². The van der Waals surface area contributed by atoms with Crippen LogP contribution < -0.4 is 4.74 Å². The summed E-state index contributed by atoms with van der Waals surface area (Å²) in [5, 5.41) is 0. The van der Waals surface area contributed by atoms with Crippen LogP contribution in [-0.2, 0) is 0 Å². The van der Waals surface area contributed by atoms with Crippen molar-refractivity contribution < 1.29 is 9.53 Å². The molecule has 0 amide bonds. The van der Waals surface area contributed by atoms with Crippen LogP contribution in [0.2, 0.25) is 0 Å². The largest absolute Gasteiger partial charge is 0.423 e. The summed E-state index contributed by atoms with van der Waals surface area (Å²) in [6.45, 7) is 5.80. The van der Waals surface area contributed by atoms with Gasteiger partial charge in [0.2, 0.25) is 0 Å². The molecule has 1 aromatic carbocycles. The number of esters is 1. The minimum absolute atomic E-state index is 0.379. The minimum Gasteiger partial charge on any atom is -0.423 e. The number of carbonyl (C=O) groups is 1. The molecule has 3 heteroatoms. The molecule has 1 heterocycles. The number of carbonyl (C=O) groups excluding carboxylic acids is 1. The van der Waals surface area contributed by atoms with Crippen LogP contribution in [0.4, 0.5) is 0 Å². The molecule has 0 fully saturated rings. The second-order valence-electron chi connectivity index (χ2n) is 4.28. The molecule has 0 bridgehead atoms. The minimum atomic E-state index is -0.379. The van der Waals surface area contributed by atoms with Crippen LogP contribution in [-0.4, -0.2) is 11.0 Å². The fraction of sp³-hybridized carbons (Fsp3) is 0.200. The van der Waals surface area contributed by atoms with Gasteiger partial charge in [0.1, 0.15) is 5.75 Å². The van der Waals surface area contributed by atoms with Gasteiger partial charge in [0.25, 0.3) is 0 Å². The summed E-state index contributed by atoms with van der Waals surface area (Å²) < 4.78 is 5.37. The number of aryl methyl sites for hydroxylation is 2. The highest BCUT2D eigenvalue weighted by molar-refractivity contribution is 5.90. The Balaban J connectivity index is 2.21. The molecule has 3 nitrogen and oxygen atoms in total. The first-order chi connectivity index (χ1) is 8.58. The van der Waals surface area contributed by atoms with Crippen molar-refractivity contribution in [2.45, 2.75) is 20.8 Å². The van der Waals surface area contributed by atoms with E-state index in [0.717, 1.165) is 16.8 Å². The molecule has 0 aliphatic carbocycles. The molecule has 2 rings (SSSR count). The van der Waals surface area contributed by atoms with Crippen LogP contribution >= 0.6 is 0 Å². The van der Waals surface area contributed by atoms with Crippen molar-refractivity contribution in [3.8, 4) is 5.75 Å². The summed E-state index contributed by atoms with van der Waals surface area (Å²) in [5.41, 5.74) is 3.41. The Kier molecular flexibility index (Phi) is 3.42. The van der Waals surface area contributed by atoms with Gasteiger partial charge in [-0.05, 0) is 50.1 Å². The third-order valence-electron chi connectivity index (χ3n) is 2.90. The Morgan fingerprint density at radius 3 is 2.56 bits per heavy atom. The number of benzene rings is 1. The number of nitrogens with zero attached hydrogens (tertiary/aromatic N) is 1. The lowest BCUT2D eigenvalue weighted by molar-refractivity contribution is 0.0733. The smallest absolute Gasteiger partial charge is 0.345 e. The Hall–Kier alpha value is -2.16. The maximum atomic E-state index is 11.9. The molecule has 0 radical (unpaired) electrons. The number of hydrogen-bond acceptors (Lipinski definition) is 3. The maximum absolute atomic E-state index is 11.9. The highest BCUT2D eigenvalue weighted by Gasteiger charge is 2.11. The fourth-order valence-corrected chi connectivity index (χ4v) is 1.58. The molecule has 1 aromatic heterocycles. The lowest BCUT2D eigenvalue weighted by atomic mass is 10.1. The van der Waals surface area contributed by atoms with Crippen molar-refractivity contribution in [2.24, 2.45) is 0 Å². The van der Waals surface area contributed by atoms with Gasteiger partial charge >= 0.3 is 5.97 Å². The lowest BCUT2D eigenvalue weighted by Crippen LogP contribution is -2.10. The first-order valence-electron chi connectivity index (χ1n) is 5.79. The highest BCUT2D eigenvalue weighted by Crippen LogP contribution is 2.21. The van der Waals surface area contributed by atoms with E-state index in [4.69, 9.17) is 4.74 Å². The molecule has 0 aliphatic rings. The van der Waals surface area contributed by atoms with E-state index in [1.807, 2.05) is 32.9 Å². The molecule has 92 valence electrons. The van der Waals surface area contributed by atoms with E-state index < -0.39 is 0 Å². The SMILES string of the molecule is Cc1ccc(C(=O)Oc2cccc(C)c2C)cn1. The molecule has 0 aliphatic heterocycles. The van der Waals surface area contributed by atoms with Crippen molar-refractivity contribution in [3.05, 3.63) is 58.9 Å². The standard InChI is InChI=1S/C15H15NO2/c1-10-5-4-6-14(12(10)3)18-15(17)13-8-7-11(2)16-9-13/h4-9H,1-3H3. The molecule has 0 atom stereocenters. The Morgan fingerprint density at radius 2 is 1.89 bits per heavy atom. The molecule has 0 saturated heterocycles. The van der Waals surface area contributed by atoms with Crippen LogP contribution in [0.1, 0.15) is 27.2 Å². The molecular formula is C15H15NO2. The van der Waals surface area contributed by atoms with Crippen molar-refractivity contribution in [1.29, 1.82) is 0 Å². The van der Waals surface area contributed by atoms with E-state index in [2.05, 4.69) is 4.98 Å². The van der Waals surface area contributed by atoms with E-state index in [1.165, 1.54) is 6.20 Å². The first kappa shape index (κ1) is 12.3. The van der Waals surface area contributed by atoms with E-state index in [-0.39, 0.29) is 5.97 Å². The van der Waals surface area contributed by atoms with Gasteiger partial charge in [-0.2, -0.15) is 0 Å². The van der Waals surface area contributed by atoms with Crippen molar-refractivity contribution in [1.82, 2.24) is 4.98 Å². The molecule has 0 N–H and O–H groups in total. The topological polar surface area (TPSA) is 39.2 Å². The van der Waals surface area contributed by atoms with Gasteiger partial charge in [0, 0.05) is 11.9 Å². The third-order valence-corrected chi connectivity index (χ3v) is 2.90. The summed E-state index contributed by atoms with van der Waals surface area (Å²) in [6.07, 6.45) is 1.53. The number of rotatable bonds is 2. The summed E-state index contributed by atoms with van der Waals surface area (Å²) in [6, 6.07) is 9.16. The molecule has 0 unspecified atom stereocenters. The molecule has 2 aromatic rings. The van der Waals surface area contributed by atoms with Gasteiger partial charge in [-0.15, -0.1) is 0 Å². The van der Waals surface area contributed by atoms with Gasteiger partial charge in [-0.1, -0.05) is 12.1 Å². The van der Waals surface area contributed by atoms with Gasteiger partial charge in [0.15, 0.2) is 0 Å². The molecule has 0 spiro atoms. The molecule has 0 saturated carbocycles. The Labute approximate surface area is 106 Å². The monoisotopic (exact) mass is 241 g/mol. The predicted molar refractivity (Wildman–Crippen MR) is 69.8 cm³/mol. The Morgan fingerprint density at radius 1 is 1.11 bits per heavy atom. The average molecular weight is 241 g/mol. The van der Waals surface area contributed by atoms with Crippen LogP contribution in [0.25, 0.3) is 0 Å². The zero-order valence-electron chi connectivity index (χ0n) is 10.7. The number of hydrogen-bond donors (Lipinski definition) is 0. The maximum Gasteiger partial charge on any atom is 0.345 e. The second kappa shape index (κ2) is 5.00. The fourth-order valence-electron chi connectivity index (χ4n) is 1.58. The summed E-state index contributed by atoms with van der Waals surface area (Å²) >= 11 is 0.